The molecule has 0 N–H and O–H groups in total. The number of nitrogens with zero attached hydrogens (tertiary/aromatic N) is 2. The fourth-order valence-corrected chi connectivity index (χ4v) is 2.07. The Bertz CT molecular complexity index is 626. The molecule has 1 amide bonds. The molecule has 0 radical (unpaired) electrons. The zero-order valence-electron chi connectivity index (χ0n) is 11.2. The van der Waals surface area contributed by atoms with Gasteiger partial charge in [-0.25, -0.2) is 4.98 Å². The molecule has 0 spiro atoms. The predicted octanol–water partition coefficient (Wildman–Crippen LogP) is 3.97. The van der Waals surface area contributed by atoms with Gasteiger partial charge in [0, 0.05) is 19.8 Å². The first-order chi connectivity index (χ1) is 9.47. The van der Waals surface area contributed by atoms with E-state index in [-0.39, 0.29) is 16.1 Å². The minimum atomic E-state index is -0.142. The summed E-state index contributed by atoms with van der Waals surface area (Å²) in [5.74, 6) is -0.142. The number of halogens is 2. The van der Waals surface area contributed by atoms with Gasteiger partial charge in [0.25, 0.3) is 5.91 Å². The second-order valence-corrected chi connectivity index (χ2v) is 5.41. The van der Waals surface area contributed by atoms with Crippen molar-refractivity contribution in [1.29, 1.82) is 0 Å². The quantitative estimate of drug-likeness (QED) is 0.804. The van der Waals surface area contributed by atoms with Crippen LogP contribution in [0.3, 0.4) is 0 Å². The number of amides is 1. The zero-order chi connectivity index (χ0) is 14.7. The number of aromatic nitrogens is 1. The van der Waals surface area contributed by atoms with Crippen LogP contribution in [0.25, 0.3) is 0 Å². The standard InChI is InChI=1S/C15H14Cl2N2O/c1-10-3-5-11(6-4-10)9-19(2)15(20)12-7-13(16)14(17)18-8-12/h3-8H,9H2,1-2H3. The third-order valence-corrected chi connectivity index (χ3v) is 3.62. The van der Waals surface area contributed by atoms with Gasteiger partial charge in [0.2, 0.25) is 0 Å². The molecule has 20 heavy (non-hydrogen) atoms. The molecule has 0 bridgehead atoms. The molecule has 2 rings (SSSR count). The summed E-state index contributed by atoms with van der Waals surface area (Å²) in [5, 5.41) is 0.477. The van der Waals surface area contributed by atoms with Crippen LogP contribution in [0, 0.1) is 6.92 Å². The molecule has 3 nitrogen and oxygen atoms in total. The topological polar surface area (TPSA) is 33.2 Å². The molecule has 0 unspecified atom stereocenters. The average molecular weight is 309 g/mol. The molecular weight excluding hydrogens is 295 g/mol. The summed E-state index contributed by atoms with van der Waals surface area (Å²) in [6.45, 7) is 2.55. The Kier molecular flexibility index (Phi) is 4.63. The Hall–Kier alpha value is -1.58. The molecule has 1 heterocycles. The van der Waals surface area contributed by atoms with E-state index in [4.69, 9.17) is 23.2 Å². The van der Waals surface area contributed by atoms with Crippen molar-refractivity contribution in [3.63, 3.8) is 0 Å². The molecule has 1 aromatic heterocycles. The van der Waals surface area contributed by atoms with Gasteiger partial charge in [-0.1, -0.05) is 53.0 Å². The van der Waals surface area contributed by atoms with E-state index in [1.54, 1.807) is 11.9 Å². The van der Waals surface area contributed by atoms with Crippen molar-refractivity contribution in [3.8, 4) is 0 Å². The Morgan fingerprint density at radius 1 is 1.25 bits per heavy atom. The van der Waals surface area contributed by atoms with E-state index in [9.17, 15) is 4.79 Å². The number of aryl methyl sites for hydroxylation is 1. The number of benzene rings is 1. The molecule has 0 fully saturated rings. The van der Waals surface area contributed by atoms with Crippen molar-refractivity contribution < 1.29 is 4.79 Å². The molecule has 1 aromatic carbocycles. The fraction of sp³-hybridized carbons (Fsp3) is 0.200. The van der Waals surface area contributed by atoms with Crippen LogP contribution in [0.15, 0.2) is 36.5 Å². The zero-order valence-corrected chi connectivity index (χ0v) is 12.7. The van der Waals surface area contributed by atoms with Crippen molar-refractivity contribution in [2.75, 3.05) is 7.05 Å². The van der Waals surface area contributed by atoms with E-state index in [2.05, 4.69) is 4.98 Å². The van der Waals surface area contributed by atoms with Gasteiger partial charge in [-0.3, -0.25) is 4.79 Å². The molecule has 5 heteroatoms. The van der Waals surface area contributed by atoms with Crippen LogP contribution in [0.5, 0.6) is 0 Å². The number of hydrogen-bond acceptors (Lipinski definition) is 2. The minimum Gasteiger partial charge on any atom is -0.337 e. The van der Waals surface area contributed by atoms with Crippen molar-refractivity contribution in [1.82, 2.24) is 9.88 Å². The average Bonchev–Trinajstić information content (AvgIpc) is 2.43. The lowest BCUT2D eigenvalue weighted by Crippen LogP contribution is -2.26. The first-order valence-electron chi connectivity index (χ1n) is 6.09. The number of hydrogen-bond donors (Lipinski definition) is 0. The summed E-state index contributed by atoms with van der Waals surface area (Å²) in [6, 6.07) is 9.59. The van der Waals surface area contributed by atoms with Gasteiger partial charge in [0.15, 0.2) is 0 Å². The normalized spacial score (nSPS) is 10.4. The lowest BCUT2D eigenvalue weighted by molar-refractivity contribution is 0.0784. The number of carbonyl (C=O) groups is 1. The maximum Gasteiger partial charge on any atom is 0.255 e. The minimum absolute atomic E-state index is 0.142. The summed E-state index contributed by atoms with van der Waals surface area (Å²) in [6.07, 6.45) is 1.43. The second-order valence-electron chi connectivity index (χ2n) is 4.64. The van der Waals surface area contributed by atoms with E-state index in [1.807, 2.05) is 31.2 Å². The van der Waals surface area contributed by atoms with Gasteiger partial charge in [0.1, 0.15) is 5.15 Å². The molecule has 0 saturated heterocycles. The number of carbonyl (C=O) groups excluding carboxylic acids is 1. The summed E-state index contributed by atoms with van der Waals surface area (Å²) < 4.78 is 0. The molecular formula is C15H14Cl2N2O. The van der Waals surface area contributed by atoms with E-state index in [0.717, 1.165) is 5.56 Å². The highest BCUT2D eigenvalue weighted by Gasteiger charge is 2.14. The maximum atomic E-state index is 12.3. The van der Waals surface area contributed by atoms with Gasteiger partial charge in [-0.15, -0.1) is 0 Å². The van der Waals surface area contributed by atoms with E-state index < -0.39 is 0 Å². The SMILES string of the molecule is Cc1ccc(CN(C)C(=O)c2cnc(Cl)c(Cl)c2)cc1. The van der Waals surface area contributed by atoms with Gasteiger partial charge in [-0.2, -0.15) is 0 Å². The van der Waals surface area contributed by atoms with E-state index >= 15 is 0 Å². The van der Waals surface area contributed by atoms with Gasteiger partial charge >= 0.3 is 0 Å². The van der Waals surface area contributed by atoms with Crippen molar-refractivity contribution in [3.05, 3.63) is 63.4 Å². The van der Waals surface area contributed by atoms with Crippen LogP contribution in [0.1, 0.15) is 21.5 Å². The molecule has 2 aromatic rings. The summed E-state index contributed by atoms with van der Waals surface area (Å²) in [5.41, 5.74) is 2.69. The Balaban J connectivity index is 2.11. The third-order valence-electron chi connectivity index (χ3n) is 2.93. The molecule has 0 aliphatic heterocycles. The smallest absolute Gasteiger partial charge is 0.255 e. The van der Waals surface area contributed by atoms with Crippen molar-refractivity contribution >= 4 is 29.1 Å². The number of pyridine rings is 1. The van der Waals surface area contributed by atoms with Crippen LogP contribution < -0.4 is 0 Å². The van der Waals surface area contributed by atoms with Crippen LogP contribution in [-0.2, 0) is 6.54 Å². The lowest BCUT2D eigenvalue weighted by atomic mass is 10.1. The summed E-state index contributed by atoms with van der Waals surface area (Å²) >= 11 is 11.6. The van der Waals surface area contributed by atoms with Crippen LogP contribution in [0.2, 0.25) is 10.2 Å². The highest BCUT2D eigenvalue weighted by atomic mass is 35.5. The fourth-order valence-electron chi connectivity index (χ4n) is 1.80. The Labute approximate surface area is 128 Å². The largest absolute Gasteiger partial charge is 0.337 e. The van der Waals surface area contributed by atoms with E-state index in [0.29, 0.717) is 12.1 Å². The molecule has 0 aliphatic rings. The monoisotopic (exact) mass is 308 g/mol. The molecule has 104 valence electrons. The summed E-state index contributed by atoms with van der Waals surface area (Å²) in [4.78, 5) is 17.8. The number of rotatable bonds is 3. The third kappa shape index (κ3) is 3.50. The van der Waals surface area contributed by atoms with Crippen LogP contribution >= 0.6 is 23.2 Å². The Morgan fingerprint density at radius 3 is 2.50 bits per heavy atom. The molecule has 0 atom stereocenters. The van der Waals surface area contributed by atoms with Gasteiger partial charge in [0.05, 0.1) is 10.6 Å². The van der Waals surface area contributed by atoms with Crippen LogP contribution in [-0.4, -0.2) is 22.8 Å². The van der Waals surface area contributed by atoms with E-state index in [1.165, 1.54) is 17.8 Å². The highest BCUT2D eigenvalue weighted by molar-refractivity contribution is 6.41. The lowest BCUT2D eigenvalue weighted by Gasteiger charge is -2.17. The highest BCUT2D eigenvalue weighted by Crippen LogP contribution is 2.20. The predicted molar refractivity (Wildman–Crippen MR) is 81.2 cm³/mol. The molecule has 0 saturated carbocycles. The van der Waals surface area contributed by atoms with Gasteiger partial charge in [-0.05, 0) is 18.6 Å². The van der Waals surface area contributed by atoms with Crippen molar-refractivity contribution in [2.45, 2.75) is 13.5 Å². The maximum absolute atomic E-state index is 12.3. The molecule has 0 aliphatic carbocycles. The van der Waals surface area contributed by atoms with Crippen LogP contribution in [0.4, 0.5) is 0 Å². The van der Waals surface area contributed by atoms with Crippen molar-refractivity contribution in [2.24, 2.45) is 0 Å². The first kappa shape index (κ1) is 14.8. The Morgan fingerprint density at radius 2 is 1.90 bits per heavy atom. The van der Waals surface area contributed by atoms with Gasteiger partial charge < -0.3 is 4.90 Å². The first-order valence-corrected chi connectivity index (χ1v) is 6.85. The second kappa shape index (κ2) is 6.25. The summed E-state index contributed by atoms with van der Waals surface area (Å²) in [7, 11) is 1.74.